The lowest BCUT2D eigenvalue weighted by Gasteiger charge is -2.33. The van der Waals surface area contributed by atoms with Gasteiger partial charge in [0.1, 0.15) is 18.4 Å². The first-order valence-electron chi connectivity index (χ1n) is 12.2. The molecule has 3 rings (SSSR count). The van der Waals surface area contributed by atoms with Crippen molar-refractivity contribution < 1.29 is 22.4 Å². The molecule has 0 aliphatic carbocycles. The number of amides is 2. The highest BCUT2D eigenvalue weighted by Crippen LogP contribution is 2.28. The van der Waals surface area contributed by atoms with Gasteiger partial charge in [-0.3, -0.25) is 13.9 Å². The highest BCUT2D eigenvalue weighted by Gasteiger charge is 2.34. The third-order valence-corrected chi connectivity index (χ3v) is 8.19. The number of likely N-dealkylation sites (N-methyl/N-ethyl adjacent to an activating group) is 1. The molecular weight excluding hydrogens is 529 g/mol. The Labute approximate surface area is 228 Å². The maximum Gasteiger partial charge on any atom is 0.264 e. The van der Waals surface area contributed by atoms with Gasteiger partial charge < -0.3 is 10.2 Å². The predicted molar refractivity (Wildman–Crippen MR) is 147 cm³/mol. The van der Waals surface area contributed by atoms with Crippen LogP contribution in [0.5, 0.6) is 0 Å². The Hall–Kier alpha value is -3.43. The van der Waals surface area contributed by atoms with E-state index in [1.807, 2.05) is 6.92 Å². The van der Waals surface area contributed by atoms with Gasteiger partial charge in [0.25, 0.3) is 10.0 Å². The topological polar surface area (TPSA) is 86.8 Å². The van der Waals surface area contributed by atoms with E-state index in [-0.39, 0.29) is 29.5 Å². The van der Waals surface area contributed by atoms with E-state index in [9.17, 15) is 22.4 Å². The molecule has 3 aromatic rings. The largest absolute Gasteiger partial charge is 0.355 e. The zero-order valence-corrected chi connectivity index (χ0v) is 23.1. The summed E-state index contributed by atoms with van der Waals surface area (Å²) >= 11 is 6.35. The van der Waals surface area contributed by atoms with Gasteiger partial charge in [-0.2, -0.15) is 0 Å². The summed E-state index contributed by atoms with van der Waals surface area (Å²) in [4.78, 5) is 28.0. The van der Waals surface area contributed by atoms with E-state index in [2.05, 4.69) is 5.32 Å². The lowest BCUT2D eigenvalue weighted by atomic mass is 10.1. The molecule has 10 heteroatoms. The Kier molecular flexibility index (Phi) is 9.88. The van der Waals surface area contributed by atoms with E-state index in [1.54, 1.807) is 50.2 Å². The second-order valence-corrected chi connectivity index (χ2v) is 11.0. The number of anilines is 1. The predicted octanol–water partition coefficient (Wildman–Crippen LogP) is 4.93. The van der Waals surface area contributed by atoms with Crippen molar-refractivity contribution in [1.82, 2.24) is 10.2 Å². The standard InChI is InChI=1S/C28H31ClFN3O4S/c1-4-25(28(35)31-5-2)32(18-21-10-6-7-11-23(21)29)27(34)19-33(26-13-9-8-12-24(26)30)38(36,37)22-16-14-20(3)15-17-22/h6-17,25H,4-5,18-19H2,1-3H3,(H,31,35)/t25-/m0/s1. The maximum atomic E-state index is 14.9. The van der Waals surface area contributed by atoms with Crippen LogP contribution in [-0.4, -0.2) is 44.3 Å². The molecule has 0 aromatic heterocycles. The molecule has 0 fully saturated rings. The van der Waals surface area contributed by atoms with Crippen LogP contribution in [0.25, 0.3) is 0 Å². The van der Waals surface area contributed by atoms with Crippen LogP contribution in [0, 0.1) is 12.7 Å². The molecule has 0 aliphatic heterocycles. The number of carbonyl (C=O) groups excluding carboxylic acids is 2. The van der Waals surface area contributed by atoms with Crippen LogP contribution in [0.15, 0.2) is 77.7 Å². The maximum absolute atomic E-state index is 14.9. The van der Waals surface area contributed by atoms with Gasteiger partial charge in [-0.1, -0.05) is 66.6 Å². The van der Waals surface area contributed by atoms with Crippen molar-refractivity contribution in [2.75, 3.05) is 17.4 Å². The van der Waals surface area contributed by atoms with Crippen LogP contribution < -0.4 is 9.62 Å². The summed E-state index contributed by atoms with van der Waals surface area (Å²) in [5.74, 6) is -1.86. The number of para-hydroxylation sites is 1. The quantitative estimate of drug-likeness (QED) is 0.361. The molecule has 0 radical (unpaired) electrons. The summed E-state index contributed by atoms with van der Waals surface area (Å²) in [6.45, 7) is 4.92. The fourth-order valence-electron chi connectivity index (χ4n) is 4.03. The second-order valence-electron chi connectivity index (χ2n) is 8.71. The van der Waals surface area contributed by atoms with Gasteiger partial charge in [0.05, 0.1) is 10.6 Å². The van der Waals surface area contributed by atoms with Crippen LogP contribution in [-0.2, 0) is 26.2 Å². The first-order valence-corrected chi connectivity index (χ1v) is 14.1. The molecule has 0 saturated carbocycles. The van der Waals surface area contributed by atoms with Gasteiger partial charge in [0.2, 0.25) is 11.8 Å². The van der Waals surface area contributed by atoms with Crippen molar-refractivity contribution in [3.05, 3.63) is 94.8 Å². The molecule has 2 amide bonds. The molecular formula is C28H31ClFN3O4S. The summed E-state index contributed by atoms with van der Waals surface area (Å²) in [5, 5.41) is 3.13. The van der Waals surface area contributed by atoms with E-state index in [1.165, 1.54) is 35.2 Å². The Morgan fingerprint density at radius 3 is 2.21 bits per heavy atom. The minimum atomic E-state index is -4.35. The van der Waals surface area contributed by atoms with Crippen molar-refractivity contribution in [3.8, 4) is 0 Å². The SMILES string of the molecule is CCNC(=O)[C@H](CC)N(Cc1ccccc1Cl)C(=O)CN(c1ccccc1F)S(=O)(=O)c1ccc(C)cc1. The lowest BCUT2D eigenvalue weighted by Crippen LogP contribution is -2.52. The normalized spacial score (nSPS) is 12.0. The van der Waals surface area contributed by atoms with Crippen LogP contribution in [0.2, 0.25) is 5.02 Å². The minimum absolute atomic E-state index is 0.0379. The number of sulfonamides is 1. The van der Waals surface area contributed by atoms with Crippen LogP contribution in [0.1, 0.15) is 31.4 Å². The van der Waals surface area contributed by atoms with Gasteiger partial charge in [-0.05, 0) is 56.2 Å². The van der Waals surface area contributed by atoms with Crippen molar-refractivity contribution in [1.29, 1.82) is 0 Å². The number of nitrogens with one attached hydrogen (secondary N) is 1. The van der Waals surface area contributed by atoms with Crippen molar-refractivity contribution in [2.45, 2.75) is 44.7 Å². The van der Waals surface area contributed by atoms with E-state index in [0.29, 0.717) is 17.1 Å². The van der Waals surface area contributed by atoms with Crippen molar-refractivity contribution >= 4 is 39.1 Å². The third kappa shape index (κ3) is 6.71. The Bertz CT molecular complexity index is 1380. The summed E-state index contributed by atoms with van der Waals surface area (Å²) in [6.07, 6.45) is 0.270. The molecule has 0 unspecified atom stereocenters. The average Bonchev–Trinajstić information content (AvgIpc) is 2.89. The van der Waals surface area contributed by atoms with E-state index in [4.69, 9.17) is 11.6 Å². The zero-order chi connectivity index (χ0) is 27.9. The van der Waals surface area contributed by atoms with E-state index >= 15 is 0 Å². The summed E-state index contributed by atoms with van der Waals surface area (Å²) in [5.41, 5.74) is 1.16. The van der Waals surface area contributed by atoms with Gasteiger partial charge in [-0.25, -0.2) is 12.8 Å². The van der Waals surface area contributed by atoms with Crippen LogP contribution in [0.4, 0.5) is 10.1 Å². The highest BCUT2D eigenvalue weighted by atomic mass is 35.5. The zero-order valence-electron chi connectivity index (χ0n) is 21.5. The van der Waals surface area contributed by atoms with E-state index < -0.39 is 34.3 Å². The van der Waals surface area contributed by atoms with Crippen LogP contribution >= 0.6 is 11.6 Å². The lowest BCUT2D eigenvalue weighted by molar-refractivity contribution is -0.140. The second kappa shape index (κ2) is 12.9. The molecule has 38 heavy (non-hydrogen) atoms. The average molecular weight is 560 g/mol. The summed E-state index contributed by atoms with van der Waals surface area (Å²) in [7, 11) is -4.35. The molecule has 7 nitrogen and oxygen atoms in total. The van der Waals surface area contributed by atoms with E-state index in [0.717, 1.165) is 15.9 Å². The Morgan fingerprint density at radius 2 is 1.61 bits per heavy atom. The molecule has 0 spiro atoms. The van der Waals surface area contributed by atoms with Gasteiger partial charge in [0.15, 0.2) is 0 Å². The first kappa shape index (κ1) is 29.1. The first-order chi connectivity index (χ1) is 18.1. The monoisotopic (exact) mass is 559 g/mol. The molecule has 1 atom stereocenters. The molecule has 202 valence electrons. The molecule has 0 heterocycles. The van der Waals surface area contributed by atoms with Gasteiger partial charge >= 0.3 is 0 Å². The molecule has 0 aliphatic rings. The Morgan fingerprint density at radius 1 is 0.974 bits per heavy atom. The van der Waals surface area contributed by atoms with Crippen molar-refractivity contribution in [3.63, 3.8) is 0 Å². The number of aryl methyl sites for hydroxylation is 1. The number of rotatable bonds is 11. The summed E-state index contributed by atoms with van der Waals surface area (Å²) in [6, 6.07) is 17.4. The fourth-order valence-corrected chi connectivity index (χ4v) is 5.64. The number of hydrogen-bond acceptors (Lipinski definition) is 4. The minimum Gasteiger partial charge on any atom is -0.355 e. The third-order valence-electron chi connectivity index (χ3n) is 6.04. The number of nitrogens with zero attached hydrogens (tertiary/aromatic N) is 2. The molecule has 0 saturated heterocycles. The molecule has 0 bridgehead atoms. The number of carbonyl (C=O) groups is 2. The summed E-state index contributed by atoms with van der Waals surface area (Å²) < 4.78 is 43.2. The van der Waals surface area contributed by atoms with Gasteiger partial charge in [0, 0.05) is 18.1 Å². The number of hydrogen-bond donors (Lipinski definition) is 1. The fraction of sp³-hybridized carbons (Fsp3) is 0.286. The smallest absolute Gasteiger partial charge is 0.264 e. The van der Waals surface area contributed by atoms with Gasteiger partial charge in [-0.15, -0.1) is 0 Å². The van der Waals surface area contributed by atoms with Crippen molar-refractivity contribution in [2.24, 2.45) is 0 Å². The molecule has 3 aromatic carbocycles. The Balaban J connectivity index is 2.08. The van der Waals surface area contributed by atoms with Crippen LogP contribution in [0.3, 0.4) is 0 Å². The molecule has 1 N–H and O–H groups in total. The number of benzene rings is 3. The highest BCUT2D eigenvalue weighted by molar-refractivity contribution is 7.92. The number of halogens is 2.